The number of ketones is 1. The first-order valence-electron chi connectivity index (χ1n) is 8.69. The molecule has 0 aliphatic carbocycles. The van der Waals surface area contributed by atoms with Crippen molar-refractivity contribution >= 4 is 21.9 Å². The number of hydrogen-bond acceptors (Lipinski definition) is 3. The number of rotatable bonds is 7. The second-order valence-electron chi connectivity index (χ2n) is 6.17. The maximum absolute atomic E-state index is 12.5. The molecule has 0 aromatic heterocycles. The molecule has 0 saturated carbocycles. The monoisotopic (exact) mass is 371 g/mol. The zero-order valence-corrected chi connectivity index (χ0v) is 16.5. The molecule has 0 bridgehead atoms. The Morgan fingerprint density at radius 2 is 1.62 bits per heavy atom. The molecular weight excluding hydrogens is 346 g/mol. The molecule has 4 nitrogen and oxygen atoms in total. The van der Waals surface area contributed by atoms with Crippen molar-refractivity contribution in [2.75, 3.05) is 13.1 Å². The van der Waals surface area contributed by atoms with Gasteiger partial charge in [0.2, 0.25) is 10.0 Å². The van der Waals surface area contributed by atoms with Gasteiger partial charge in [-0.3, -0.25) is 4.79 Å². The van der Waals surface area contributed by atoms with Gasteiger partial charge in [0.25, 0.3) is 0 Å². The van der Waals surface area contributed by atoms with E-state index in [1.165, 1.54) is 22.5 Å². The molecule has 0 amide bonds. The van der Waals surface area contributed by atoms with Gasteiger partial charge in [-0.25, -0.2) is 8.42 Å². The molecule has 5 heteroatoms. The van der Waals surface area contributed by atoms with E-state index < -0.39 is 10.0 Å². The predicted molar refractivity (Wildman–Crippen MR) is 106 cm³/mol. The van der Waals surface area contributed by atoms with Crippen LogP contribution in [0, 0.1) is 13.8 Å². The molecule has 2 aromatic rings. The Morgan fingerprint density at radius 1 is 1.00 bits per heavy atom. The maximum atomic E-state index is 12.5. The summed E-state index contributed by atoms with van der Waals surface area (Å²) >= 11 is 0. The van der Waals surface area contributed by atoms with Gasteiger partial charge in [0.1, 0.15) is 0 Å². The van der Waals surface area contributed by atoms with Crippen molar-refractivity contribution in [3.8, 4) is 0 Å². The number of carbonyl (C=O) groups is 1. The van der Waals surface area contributed by atoms with Gasteiger partial charge < -0.3 is 0 Å². The second-order valence-corrected chi connectivity index (χ2v) is 8.11. The van der Waals surface area contributed by atoms with Crippen molar-refractivity contribution < 1.29 is 13.2 Å². The summed E-state index contributed by atoms with van der Waals surface area (Å²) in [7, 11) is -3.51. The molecule has 0 N–H and O–H groups in total. The minimum Gasteiger partial charge on any atom is -0.289 e. The van der Waals surface area contributed by atoms with Crippen LogP contribution in [0.4, 0.5) is 0 Å². The van der Waals surface area contributed by atoms with Crippen molar-refractivity contribution in [2.24, 2.45) is 0 Å². The van der Waals surface area contributed by atoms with Gasteiger partial charge in [-0.05, 0) is 55.3 Å². The Labute approximate surface area is 156 Å². The van der Waals surface area contributed by atoms with E-state index in [0.29, 0.717) is 18.7 Å². The summed E-state index contributed by atoms with van der Waals surface area (Å²) in [6, 6.07) is 12.2. The molecule has 0 aliphatic heterocycles. The Kier molecular flexibility index (Phi) is 6.51. The Balaban J connectivity index is 2.21. The Morgan fingerprint density at radius 3 is 2.19 bits per heavy atom. The maximum Gasteiger partial charge on any atom is 0.243 e. The standard InChI is InChI=1S/C21H25NO3S/c1-5-22(6-2)26(24,25)20-12-9-18(10-13-20)21(23)14-11-19-15-16(3)7-8-17(19)4/h7-15H,5-6H2,1-4H3. The molecule has 0 aliphatic rings. The van der Waals surface area contributed by atoms with E-state index in [4.69, 9.17) is 0 Å². The highest BCUT2D eigenvalue weighted by molar-refractivity contribution is 7.89. The van der Waals surface area contributed by atoms with E-state index in [9.17, 15) is 13.2 Å². The van der Waals surface area contributed by atoms with Crippen molar-refractivity contribution in [2.45, 2.75) is 32.6 Å². The lowest BCUT2D eigenvalue weighted by molar-refractivity contribution is 0.104. The van der Waals surface area contributed by atoms with E-state index in [0.717, 1.165) is 16.7 Å². The van der Waals surface area contributed by atoms with Gasteiger partial charge in [-0.1, -0.05) is 43.7 Å². The molecule has 2 rings (SSSR count). The summed E-state index contributed by atoms with van der Waals surface area (Å²) in [6.45, 7) is 8.44. The van der Waals surface area contributed by atoms with Crippen LogP contribution in [0.1, 0.15) is 40.9 Å². The highest BCUT2D eigenvalue weighted by Crippen LogP contribution is 2.17. The van der Waals surface area contributed by atoms with Crippen molar-refractivity contribution in [1.29, 1.82) is 0 Å². The number of allylic oxidation sites excluding steroid dienone is 1. The lowest BCUT2D eigenvalue weighted by Crippen LogP contribution is -2.30. The lowest BCUT2D eigenvalue weighted by Gasteiger charge is -2.18. The highest BCUT2D eigenvalue weighted by atomic mass is 32.2. The second kappa shape index (κ2) is 8.43. The summed E-state index contributed by atoms with van der Waals surface area (Å²) in [5.74, 6) is -0.155. The van der Waals surface area contributed by atoms with Crippen LogP contribution >= 0.6 is 0 Å². The van der Waals surface area contributed by atoms with Crippen LogP contribution in [0.2, 0.25) is 0 Å². The smallest absolute Gasteiger partial charge is 0.243 e. The van der Waals surface area contributed by atoms with E-state index in [1.54, 1.807) is 32.1 Å². The molecule has 0 heterocycles. The molecule has 2 aromatic carbocycles. The van der Waals surface area contributed by atoms with Gasteiger partial charge in [0.15, 0.2) is 5.78 Å². The number of nitrogens with zero attached hydrogens (tertiary/aromatic N) is 1. The summed E-state index contributed by atoms with van der Waals surface area (Å²) in [5, 5.41) is 0. The van der Waals surface area contributed by atoms with Gasteiger partial charge in [0, 0.05) is 18.7 Å². The minimum absolute atomic E-state index is 0.155. The SMILES string of the molecule is CCN(CC)S(=O)(=O)c1ccc(C(=O)C=Cc2cc(C)ccc2C)cc1. The molecular formula is C21H25NO3S. The third-order valence-corrected chi connectivity index (χ3v) is 6.40. The molecule has 0 fully saturated rings. The van der Waals surface area contributed by atoms with E-state index in [1.807, 2.05) is 32.0 Å². The number of sulfonamides is 1. The van der Waals surface area contributed by atoms with Crippen LogP contribution in [0.15, 0.2) is 53.4 Å². The minimum atomic E-state index is -3.51. The topological polar surface area (TPSA) is 54.5 Å². The molecule has 138 valence electrons. The number of carbonyl (C=O) groups excluding carboxylic acids is 1. The predicted octanol–water partition coefficient (Wildman–Crippen LogP) is 4.23. The Bertz CT molecular complexity index is 909. The first-order valence-corrected chi connectivity index (χ1v) is 10.1. The molecule has 0 unspecified atom stereocenters. The van der Waals surface area contributed by atoms with Crippen molar-refractivity contribution in [1.82, 2.24) is 4.31 Å². The first-order chi connectivity index (χ1) is 12.3. The normalized spacial score (nSPS) is 12.0. The molecule has 0 atom stereocenters. The quantitative estimate of drug-likeness (QED) is 0.541. The third kappa shape index (κ3) is 4.48. The van der Waals surface area contributed by atoms with Gasteiger partial charge >= 0.3 is 0 Å². The van der Waals surface area contributed by atoms with Crippen LogP contribution in [0.5, 0.6) is 0 Å². The average molecular weight is 372 g/mol. The van der Waals surface area contributed by atoms with Gasteiger partial charge in [0.05, 0.1) is 4.90 Å². The largest absolute Gasteiger partial charge is 0.289 e. The van der Waals surface area contributed by atoms with E-state index >= 15 is 0 Å². The average Bonchev–Trinajstić information content (AvgIpc) is 2.63. The summed E-state index contributed by atoms with van der Waals surface area (Å²) in [4.78, 5) is 12.6. The molecule has 26 heavy (non-hydrogen) atoms. The lowest BCUT2D eigenvalue weighted by atomic mass is 10.0. The molecule has 0 radical (unpaired) electrons. The summed E-state index contributed by atoms with van der Waals surface area (Å²) < 4.78 is 26.4. The number of hydrogen-bond donors (Lipinski definition) is 0. The van der Waals surface area contributed by atoms with E-state index in [2.05, 4.69) is 0 Å². The van der Waals surface area contributed by atoms with Crippen LogP contribution in [0.25, 0.3) is 6.08 Å². The van der Waals surface area contributed by atoms with Crippen LogP contribution in [-0.2, 0) is 10.0 Å². The van der Waals surface area contributed by atoms with Crippen molar-refractivity contribution in [3.05, 3.63) is 70.8 Å². The van der Waals surface area contributed by atoms with Crippen LogP contribution in [-0.4, -0.2) is 31.6 Å². The first kappa shape index (κ1) is 20.1. The Hall–Kier alpha value is -2.24. The fourth-order valence-corrected chi connectivity index (χ4v) is 4.16. The third-order valence-electron chi connectivity index (χ3n) is 4.33. The molecule has 0 spiro atoms. The summed E-state index contributed by atoms with van der Waals surface area (Å²) in [6.07, 6.45) is 3.32. The number of benzene rings is 2. The van der Waals surface area contributed by atoms with Crippen LogP contribution in [0.3, 0.4) is 0 Å². The molecule has 0 saturated heterocycles. The highest BCUT2D eigenvalue weighted by Gasteiger charge is 2.21. The zero-order valence-electron chi connectivity index (χ0n) is 15.7. The van der Waals surface area contributed by atoms with Crippen molar-refractivity contribution in [3.63, 3.8) is 0 Å². The van der Waals surface area contributed by atoms with E-state index in [-0.39, 0.29) is 10.7 Å². The van der Waals surface area contributed by atoms with Crippen LogP contribution < -0.4 is 0 Å². The fourth-order valence-electron chi connectivity index (χ4n) is 2.70. The zero-order chi connectivity index (χ0) is 19.3. The summed E-state index contributed by atoms with van der Waals surface area (Å²) in [5.41, 5.74) is 3.69. The van der Waals surface area contributed by atoms with Gasteiger partial charge in [-0.2, -0.15) is 4.31 Å². The fraction of sp³-hybridized carbons (Fsp3) is 0.286. The number of aryl methyl sites for hydroxylation is 2. The van der Waals surface area contributed by atoms with Gasteiger partial charge in [-0.15, -0.1) is 0 Å².